The van der Waals surface area contributed by atoms with Gasteiger partial charge in [-0.2, -0.15) is 0 Å². The van der Waals surface area contributed by atoms with Crippen molar-refractivity contribution in [2.24, 2.45) is 5.92 Å². The maximum absolute atomic E-state index is 13.0. The SMILES string of the molecule is CCOC(=O)[C@H]1CCCN(CCCC(C)(C)S(=O)(=O)c2cccc(C)c2)C1. The first-order valence-electron chi connectivity index (χ1n) is 9.87. The maximum atomic E-state index is 13.0. The van der Waals surface area contributed by atoms with Crippen LogP contribution in [0.2, 0.25) is 0 Å². The molecule has 1 aromatic carbocycles. The highest BCUT2D eigenvalue weighted by Crippen LogP contribution is 2.30. The fraction of sp³-hybridized carbons (Fsp3) is 0.667. The molecule has 0 N–H and O–H groups in total. The van der Waals surface area contributed by atoms with Crippen LogP contribution in [0.1, 0.15) is 52.0 Å². The van der Waals surface area contributed by atoms with Crippen LogP contribution in [0.15, 0.2) is 29.2 Å². The molecule has 27 heavy (non-hydrogen) atoms. The van der Waals surface area contributed by atoms with Crippen molar-refractivity contribution in [3.05, 3.63) is 29.8 Å². The standard InChI is InChI=1S/C21H33NO4S/c1-5-26-20(23)18-10-7-13-22(16-18)14-8-12-21(3,4)27(24,25)19-11-6-9-17(2)15-19/h6,9,11,15,18H,5,7-8,10,12-14,16H2,1-4H3/t18-/m0/s1. The Balaban J connectivity index is 1.92. The molecule has 0 bridgehead atoms. The molecule has 0 unspecified atom stereocenters. The van der Waals surface area contributed by atoms with Crippen LogP contribution in [0.5, 0.6) is 0 Å². The highest BCUT2D eigenvalue weighted by Gasteiger charge is 2.35. The normalized spacial score (nSPS) is 19.0. The van der Waals surface area contributed by atoms with Crippen LogP contribution in [0.3, 0.4) is 0 Å². The number of hydrogen-bond donors (Lipinski definition) is 0. The minimum Gasteiger partial charge on any atom is -0.466 e. The highest BCUT2D eigenvalue weighted by molar-refractivity contribution is 7.92. The van der Waals surface area contributed by atoms with Crippen LogP contribution in [0.25, 0.3) is 0 Å². The van der Waals surface area contributed by atoms with E-state index in [2.05, 4.69) is 4.90 Å². The van der Waals surface area contributed by atoms with Crippen molar-refractivity contribution < 1.29 is 17.9 Å². The van der Waals surface area contributed by atoms with Crippen molar-refractivity contribution in [2.75, 3.05) is 26.2 Å². The molecule has 0 spiro atoms. The van der Waals surface area contributed by atoms with E-state index in [0.717, 1.165) is 37.9 Å². The van der Waals surface area contributed by atoms with Crippen molar-refractivity contribution in [1.29, 1.82) is 0 Å². The number of aryl methyl sites for hydroxylation is 1. The fourth-order valence-electron chi connectivity index (χ4n) is 3.68. The molecule has 5 nitrogen and oxygen atoms in total. The zero-order valence-electron chi connectivity index (χ0n) is 17.0. The van der Waals surface area contributed by atoms with Gasteiger partial charge in [-0.15, -0.1) is 0 Å². The lowest BCUT2D eigenvalue weighted by Crippen LogP contribution is -2.40. The Hall–Kier alpha value is -1.40. The van der Waals surface area contributed by atoms with Gasteiger partial charge in [0.2, 0.25) is 0 Å². The number of ether oxygens (including phenoxy) is 1. The average molecular weight is 396 g/mol. The Labute approximate surface area is 164 Å². The smallest absolute Gasteiger partial charge is 0.310 e. The van der Waals surface area contributed by atoms with Crippen molar-refractivity contribution in [3.63, 3.8) is 0 Å². The van der Waals surface area contributed by atoms with E-state index < -0.39 is 14.6 Å². The van der Waals surface area contributed by atoms with Crippen LogP contribution in [-0.4, -0.2) is 50.3 Å². The first-order valence-corrected chi connectivity index (χ1v) is 11.4. The molecule has 1 aliphatic heterocycles. The van der Waals surface area contributed by atoms with Crippen molar-refractivity contribution in [3.8, 4) is 0 Å². The highest BCUT2D eigenvalue weighted by atomic mass is 32.2. The predicted octanol–water partition coefficient (Wildman–Crippen LogP) is 3.60. The lowest BCUT2D eigenvalue weighted by atomic mass is 9.97. The summed E-state index contributed by atoms with van der Waals surface area (Å²) >= 11 is 0. The van der Waals surface area contributed by atoms with Crippen LogP contribution in [0.4, 0.5) is 0 Å². The number of benzene rings is 1. The molecule has 2 rings (SSSR count). The van der Waals surface area contributed by atoms with Gasteiger partial charge in [-0.3, -0.25) is 4.79 Å². The number of esters is 1. The summed E-state index contributed by atoms with van der Waals surface area (Å²) in [7, 11) is -3.39. The third kappa shape index (κ3) is 5.55. The summed E-state index contributed by atoms with van der Waals surface area (Å²) in [5, 5.41) is 0. The second-order valence-corrected chi connectivity index (χ2v) is 10.7. The molecule has 1 aromatic rings. The predicted molar refractivity (Wildman–Crippen MR) is 107 cm³/mol. The van der Waals surface area contributed by atoms with Crippen LogP contribution in [-0.2, 0) is 19.4 Å². The minimum absolute atomic E-state index is 0.0530. The van der Waals surface area contributed by atoms with Gasteiger partial charge in [0.1, 0.15) is 0 Å². The van der Waals surface area contributed by atoms with E-state index in [4.69, 9.17) is 4.74 Å². The van der Waals surface area contributed by atoms with E-state index in [9.17, 15) is 13.2 Å². The van der Waals surface area contributed by atoms with Gasteiger partial charge in [-0.05, 0) is 84.2 Å². The molecule has 1 atom stereocenters. The third-order valence-corrected chi connectivity index (χ3v) is 7.94. The first-order chi connectivity index (χ1) is 12.7. The van der Waals surface area contributed by atoms with Gasteiger partial charge in [0.25, 0.3) is 0 Å². The van der Waals surface area contributed by atoms with Crippen LogP contribution < -0.4 is 0 Å². The molecule has 0 radical (unpaired) electrons. The average Bonchev–Trinajstić information content (AvgIpc) is 2.62. The molecule has 1 saturated heterocycles. The van der Waals surface area contributed by atoms with Crippen LogP contribution in [0, 0.1) is 12.8 Å². The maximum Gasteiger partial charge on any atom is 0.310 e. The van der Waals surface area contributed by atoms with E-state index >= 15 is 0 Å². The number of hydrogen-bond acceptors (Lipinski definition) is 5. The summed E-state index contributed by atoms with van der Waals surface area (Å²) in [4.78, 5) is 14.6. The number of carbonyl (C=O) groups excluding carboxylic acids is 1. The Morgan fingerprint density at radius 3 is 2.74 bits per heavy atom. The van der Waals surface area contributed by atoms with Crippen molar-refractivity contribution in [2.45, 2.75) is 63.0 Å². The third-order valence-electron chi connectivity index (χ3n) is 5.41. The van der Waals surface area contributed by atoms with E-state index in [1.807, 2.05) is 33.8 Å². The van der Waals surface area contributed by atoms with Crippen molar-refractivity contribution in [1.82, 2.24) is 4.90 Å². The number of likely N-dealkylation sites (tertiary alicyclic amines) is 1. The Morgan fingerprint density at radius 2 is 2.07 bits per heavy atom. The van der Waals surface area contributed by atoms with Crippen molar-refractivity contribution >= 4 is 15.8 Å². The van der Waals surface area contributed by atoms with E-state index in [1.54, 1.807) is 18.2 Å². The Morgan fingerprint density at radius 1 is 1.33 bits per heavy atom. The fourth-order valence-corrected chi connectivity index (χ4v) is 5.33. The molecule has 6 heteroatoms. The molecule has 0 amide bonds. The lowest BCUT2D eigenvalue weighted by molar-refractivity contribution is -0.149. The Kier molecular flexibility index (Phi) is 7.46. The summed E-state index contributed by atoms with van der Waals surface area (Å²) < 4.78 is 30.4. The van der Waals surface area contributed by atoms with Gasteiger partial charge in [0.05, 0.1) is 22.2 Å². The summed E-state index contributed by atoms with van der Waals surface area (Å²) in [6.45, 7) is 10.2. The molecule has 0 saturated carbocycles. The molecule has 0 aromatic heterocycles. The summed E-state index contributed by atoms with van der Waals surface area (Å²) in [6.07, 6.45) is 3.23. The van der Waals surface area contributed by atoms with E-state index in [0.29, 0.717) is 24.5 Å². The molecule has 152 valence electrons. The molecular weight excluding hydrogens is 362 g/mol. The molecule has 1 heterocycles. The van der Waals surface area contributed by atoms with Crippen LogP contribution >= 0.6 is 0 Å². The molecule has 0 aliphatic carbocycles. The summed E-state index contributed by atoms with van der Waals surface area (Å²) in [6, 6.07) is 7.12. The van der Waals surface area contributed by atoms with E-state index in [1.165, 1.54) is 0 Å². The first kappa shape index (κ1) is 21.9. The van der Waals surface area contributed by atoms with Gasteiger partial charge in [-0.1, -0.05) is 12.1 Å². The van der Waals surface area contributed by atoms with Gasteiger partial charge in [-0.25, -0.2) is 8.42 Å². The number of rotatable bonds is 8. The zero-order valence-corrected chi connectivity index (χ0v) is 17.8. The minimum atomic E-state index is -3.39. The monoisotopic (exact) mass is 395 g/mol. The topological polar surface area (TPSA) is 63.7 Å². The van der Waals surface area contributed by atoms with E-state index in [-0.39, 0.29) is 11.9 Å². The quantitative estimate of drug-likeness (QED) is 0.629. The largest absolute Gasteiger partial charge is 0.466 e. The number of nitrogens with zero attached hydrogens (tertiary/aromatic N) is 1. The number of sulfone groups is 1. The zero-order chi connectivity index (χ0) is 20.1. The second-order valence-electron chi connectivity index (χ2n) is 8.07. The Bertz CT molecular complexity index is 742. The van der Waals surface area contributed by atoms with Gasteiger partial charge in [0, 0.05) is 6.54 Å². The number of piperidine rings is 1. The lowest BCUT2D eigenvalue weighted by Gasteiger charge is -2.32. The van der Waals surface area contributed by atoms with Gasteiger partial charge >= 0.3 is 5.97 Å². The second kappa shape index (κ2) is 9.20. The molecule has 1 aliphatic rings. The number of carbonyl (C=O) groups is 1. The molecule has 1 fully saturated rings. The molecular formula is C21H33NO4S. The van der Waals surface area contributed by atoms with Gasteiger partial charge < -0.3 is 9.64 Å². The van der Waals surface area contributed by atoms with Gasteiger partial charge in [0.15, 0.2) is 9.84 Å². The summed E-state index contributed by atoms with van der Waals surface area (Å²) in [5.41, 5.74) is 0.949. The summed E-state index contributed by atoms with van der Waals surface area (Å²) in [5.74, 6) is -0.160.